The number of halogens is 3. The van der Waals surface area contributed by atoms with Crippen LogP contribution in [0.15, 0.2) is 30.5 Å². The maximum Gasteiger partial charge on any atom is 0.388 e. The first-order valence-electron chi connectivity index (χ1n) is 7.81. The monoisotopic (exact) mass is 407 g/mol. The topological polar surface area (TPSA) is 57.1 Å². The van der Waals surface area contributed by atoms with Crippen molar-refractivity contribution in [3.8, 4) is 22.2 Å². The maximum atomic E-state index is 12.4. The molecule has 0 amide bonds. The van der Waals surface area contributed by atoms with Crippen LogP contribution in [-0.2, 0) is 0 Å². The molecular formula is C18H12ClF2N3O2S. The molecule has 0 N–H and O–H groups in total. The minimum Gasteiger partial charge on any atom is -0.497 e. The molecule has 2 aromatic heterocycles. The van der Waals surface area contributed by atoms with Crippen LogP contribution in [0.4, 0.5) is 8.78 Å². The van der Waals surface area contributed by atoms with Gasteiger partial charge in [-0.3, -0.25) is 0 Å². The van der Waals surface area contributed by atoms with Gasteiger partial charge in [0.2, 0.25) is 5.88 Å². The number of nitrogens with zero attached hydrogens (tertiary/aromatic N) is 3. The molecule has 0 atom stereocenters. The number of hydrogen-bond donors (Lipinski definition) is 0. The molecule has 0 aliphatic rings. The van der Waals surface area contributed by atoms with Crippen LogP contribution in [0.25, 0.3) is 31.8 Å². The fraction of sp³-hybridized carbons (Fsp3) is 0.167. The van der Waals surface area contributed by atoms with Crippen molar-refractivity contribution in [1.29, 1.82) is 0 Å². The summed E-state index contributed by atoms with van der Waals surface area (Å²) in [4.78, 5) is 13.0. The van der Waals surface area contributed by atoms with Gasteiger partial charge in [-0.2, -0.15) is 8.78 Å². The predicted octanol–water partition coefficient (Wildman–Crippen LogP) is 5.48. The van der Waals surface area contributed by atoms with E-state index in [9.17, 15) is 8.78 Å². The number of alkyl halides is 2. The zero-order chi connectivity index (χ0) is 19.1. The van der Waals surface area contributed by atoms with E-state index in [4.69, 9.17) is 16.3 Å². The maximum absolute atomic E-state index is 12.4. The summed E-state index contributed by atoms with van der Waals surface area (Å²) >= 11 is 7.75. The molecule has 4 aromatic rings. The Morgan fingerprint density at radius 3 is 2.67 bits per heavy atom. The second-order valence-corrected chi connectivity index (χ2v) is 7.18. The molecule has 4 rings (SSSR count). The van der Waals surface area contributed by atoms with Crippen molar-refractivity contribution in [2.24, 2.45) is 0 Å². The summed E-state index contributed by atoms with van der Waals surface area (Å²) in [7, 11) is 1.57. The average molecular weight is 408 g/mol. The second kappa shape index (κ2) is 6.86. The number of hydrogen-bond acceptors (Lipinski definition) is 6. The van der Waals surface area contributed by atoms with Crippen molar-refractivity contribution in [2.75, 3.05) is 7.11 Å². The van der Waals surface area contributed by atoms with Gasteiger partial charge in [0.25, 0.3) is 0 Å². The first-order chi connectivity index (χ1) is 12.9. The zero-order valence-corrected chi connectivity index (χ0v) is 15.7. The molecule has 2 aromatic carbocycles. The molecule has 2 heterocycles. The lowest BCUT2D eigenvalue weighted by atomic mass is 10.1. The van der Waals surface area contributed by atoms with Gasteiger partial charge in [0.15, 0.2) is 0 Å². The van der Waals surface area contributed by atoms with Crippen LogP contribution in [0.3, 0.4) is 0 Å². The summed E-state index contributed by atoms with van der Waals surface area (Å²) < 4.78 is 35.3. The second-order valence-electron chi connectivity index (χ2n) is 5.74. The van der Waals surface area contributed by atoms with E-state index in [-0.39, 0.29) is 5.88 Å². The average Bonchev–Trinajstić information content (AvgIpc) is 3.04. The Hall–Kier alpha value is -2.58. The molecule has 0 aliphatic heterocycles. The van der Waals surface area contributed by atoms with Crippen molar-refractivity contribution in [3.05, 3.63) is 41.0 Å². The lowest BCUT2D eigenvalue weighted by Gasteiger charge is -2.07. The van der Waals surface area contributed by atoms with E-state index in [0.717, 1.165) is 15.8 Å². The van der Waals surface area contributed by atoms with Crippen molar-refractivity contribution in [1.82, 2.24) is 15.0 Å². The van der Waals surface area contributed by atoms with E-state index in [1.54, 1.807) is 19.2 Å². The van der Waals surface area contributed by atoms with Crippen molar-refractivity contribution >= 4 is 44.2 Å². The molecule has 0 fully saturated rings. The Kier molecular flexibility index (Phi) is 4.53. The molecule has 0 aliphatic carbocycles. The van der Waals surface area contributed by atoms with Gasteiger partial charge < -0.3 is 9.47 Å². The molecular weight excluding hydrogens is 396 g/mol. The number of aromatic nitrogens is 3. The fourth-order valence-electron chi connectivity index (χ4n) is 2.76. The van der Waals surface area contributed by atoms with E-state index in [2.05, 4.69) is 19.7 Å². The predicted molar refractivity (Wildman–Crippen MR) is 101 cm³/mol. The smallest absolute Gasteiger partial charge is 0.388 e. The van der Waals surface area contributed by atoms with Gasteiger partial charge in [0, 0.05) is 11.6 Å². The molecule has 5 nitrogen and oxygen atoms in total. The minimum atomic E-state index is -2.96. The normalized spacial score (nSPS) is 11.5. The molecule has 0 unspecified atom stereocenters. The number of fused-ring (bicyclic) bond motifs is 2. The number of benzene rings is 2. The molecule has 0 bridgehead atoms. The van der Waals surface area contributed by atoms with Gasteiger partial charge in [-0.05, 0) is 30.7 Å². The van der Waals surface area contributed by atoms with Gasteiger partial charge in [-0.1, -0.05) is 11.6 Å². The van der Waals surface area contributed by atoms with Gasteiger partial charge in [-0.15, -0.1) is 11.3 Å². The highest BCUT2D eigenvalue weighted by molar-refractivity contribution is 7.21. The van der Waals surface area contributed by atoms with Crippen molar-refractivity contribution in [3.63, 3.8) is 0 Å². The van der Waals surface area contributed by atoms with Crippen molar-refractivity contribution < 1.29 is 18.3 Å². The number of ether oxygens (including phenoxy) is 2. The first-order valence-corrected chi connectivity index (χ1v) is 9.00. The summed E-state index contributed by atoms with van der Waals surface area (Å²) in [6.45, 7) is -1.07. The van der Waals surface area contributed by atoms with E-state index < -0.39 is 6.61 Å². The third kappa shape index (κ3) is 3.38. The quantitative estimate of drug-likeness (QED) is 0.448. The Balaban J connectivity index is 1.90. The standard InChI is InChI=1S/C18H12ClF2N3O2S/c1-8-3-10(15-12(4-8)23-14(7-22-15)26-18(20)21)17-24-16-11(19)5-9(25-2)6-13(16)27-17/h3-7,18H,1-2H3. The Bertz CT molecular complexity index is 1170. The van der Waals surface area contributed by atoms with Crippen LogP contribution >= 0.6 is 22.9 Å². The molecule has 0 saturated carbocycles. The van der Waals surface area contributed by atoms with Crippen LogP contribution < -0.4 is 9.47 Å². The molecule has 27 heavy (non-hydrogen) atoms. The molecule has 0 saturated heterocycles. The van der Waals surface area contributed by atoms with E-state index >= 15 is 0 Å². The molecule has 138 valence electrons. The lowest BCUT2D eigenvalue weighted by Crippen LogP contribution is -2.04. The largest absolute Gasteiger partial charge is 0.497 e. The van der Waals surface area contributed by atoms with Crippen molar-refractivity contribution in [2.45, 2.75) is 13.5 Å². The minimum absolute atomic E-state index is 0.230. The van der Waals surface area contributed by atoms with Crippen LogP contribution in [-0.4, -0.2) is 28.7 Å². The lowest BCUT2D eigenvalue weighted by molar-refractivity contribution is -0.0528. The van der Waals surface area contributed by atoms with Gasteiger partial charge >= 0.3 is 6.61 Å². The fourth-order valence-corrected chi connectivity index (χ4v) is 4.10. The number of methoxy groups -OCH3 is 1. The summed E-state index contributed by atoms with van der Waals surface area (Å²) in [6.07, 6.45) is 1.18. The van der Waals surface area contributed by atoms with Gasteiger partial charge in [-0.25, -0.2) is 15.0 Å². The Labute approximate surface area is 161 Å². The highest BCUT2D eigenvalue weighted by Crippen LogP contribution is 2.38. The third-order valence-electron chi connectivity index (χ3n) is 3.87. The highest BCUT2D eigenvalue weighted by Gasteiger charge is 2.16. The van der Waals surface area contributed by atoms with Crippen LogP contribution in [0.2, 0.25) is 5.02 Å². The molecule has 0 spiro atoms. The summed E-state index contributed by atoms with van der Waals surface area (Å²) in [5, 5.41) is 1.19. The summed E-state index contributed by atoms with van der Waals surface area (Å²) in [5.41, 5.74) is 3.30. The zero-order valence-electron chi connectivity index (χ0n) is 14.2. The van der Waals surface area contributed by atoms with Gasteiger partial charge in [0.05, 0.1) is 34.1 Å². The first kappa shape index (κ1) is 17.8. The number of aryl methyl sites for hydroxylation is 1. The van der Waals surface area contributed by atoms with Crippen LogP contribution in [0.1, 0.15) is 5.56 Å². The summed E-state index contributed by atoms with van der Waals surface area (Å²) in [6, 6.07) is 7.25. The van der Waals surface area contributed by atoms with E-state index in [0.29, 0.717) is 32.3 Å². The Morgan fingerprint density at radius 1 is 1.11 bits per heavy atom. The number of thiazole rings is 1. The third-order valence-corrected chi connectivity index (χ3v) is 5.19. The highest BCUT2D eigenvalue weighted by atomic mass is 35.5. The summed E-state index contributed by atoms with van der Waals surface area (Å²) in [5.74, 6) is 0.413. The van der Waals surface area contributed by atoms with Crippen LogP contribution in [0.5, 0.6) is 11.6 Å². The van der Waals surface area contributed by atoms with E-state index in [1.165, 1.54) is 17.5 Å². The van der Waals surface area contributed by atoms with Gasteiger partial charge in [0.1, 0.15) is 16.3 Å². The Morgan fingerprint density at radius 2 is 1.93 bits per heavy atom. The van der Waals surface area contributed by atoms with Crippen LogP contribution in [0, 0.1) is 6.92 Å². The number of rotatable bonds is 4. The molecule has 9 heteroatoms. The SMILES string of the molecule is COc1cc(Cl)c2nc(-c3cc(C)cc4nc(OC(F)F)cnc34)sc2c1. The molecule has 0 radical (unpaired) electrons. The van der Waals surface area contributed by atoms with E-state index in [1.807, 2.05) is 19.1 Å².